The van der Waals surface area contributed by atoms with Crippen LogP contribution in [0.15, 0.2) is 43.1 Å². The van der Waals surface area contributed by atoms with Crippen molar-refractivity contribution in [2.75, 3.05) is 64.1 Å². The fourth-order valence-corrected chi connectivity index (χ4v) is 8.03. The Hall–Kier alpha value is -4.83. The minimum absolute atomic E-state index is 0.0134. The van der Waals surface area contributed by atoms with Crippen molar-refractivity contribution < 1.29 is 32.9 Å². The molecule has 8 rings (SSSR count). The van der Waals surface area contributed by atoms with Crippen molar-refractivity contribution in [3.63, 3.8) is 0 Å². The third kappa shape index (κ3) is 6.13. The zero-order valence-corrected chi connectivity index (χ0v) is 28.2. The van der Waals surface area contributed by atoms with Gasteiger partial charge in [-0.1, -0.05) is 18.6 Å². The number of benzene rings is 2. The molecule has 0 bridgehead atoms. The van der Waals surface area contributed by atoms with Crippen LogP contribution in [0, 0.1) is 29.4 Å². The Morgan fingerprint density at radius 1 is 1.18 bits per heavy atom. The molecule has 1 saturated carbocycles. The first-order valence-electron chi connectivity index (χ1n) is 17.4. The molecule has 2 atom stereocenters. The van der Waals surface area contributed by atoms with E-state index in [2.05, 4.69) is 32.6 Å². The first-order valence-corrected chi connectivity index (χ1v) is 17.4. The summed E-state index contributed by atoms with van der Waals surface area (Å²) >= 11 is 0. The SMILES string of the molecule is C#Cc1c(F)ccc2cc(O)cc(-c3ncc4c(N5CCOC[C@@H](NC(=O)C=C)C5)c5c(nc4c3F)O[C@@H](C3(CN4CCOCC4)CC3)CC5)c12. The minimum Gasteiger partial charge on any atom is -0.508 e. The summed E-state index contributed by atoms with van der Waals surface area (Å²) in [6, 6.07) is 5.15. The molecule has 12 heteroatoms. The van der Waals surface area contributed by atoms with Crippen molar-refractivity contribution in [1.29, 1.82) is 0 Å². The van der Waals surface area contributed by atoms with Crippen LogP contribution in [0.4, 0.5) is 14.5 Å². The fraction of sp³-hybridized carbons (Fsp3) is 0.410. The number of pyridine rings is 2. The molecule has 3 aliphatic heterocycles. The fourth-order valence-electron chi connectivity index (χ4n) is 8.03. The largest absolute Gasteiger partial charge is 0.508 e. The predicted octanol–water partition coefficient (Wildman–Crippen LogP) is 4.73. The van der Waals surface area contributed by atoms with Gasteiger partial charge in [-0.15, -0.1) is 6.42 Å². The number of carbonyl (C=O) groups excluding carboxylic acids is 1. The number of hydrogen-bond acceptors (Lipinski definition) is 9. The van der Waals surface area contributed by atoms with E-state index in [-0.39, 0.29) is 56.9 Å². The number of ether oxygens (including phenoxy) is 3. The standard InChI is InChI=1S/C39H39F2N5O5/c1-3-26-30(40)7-5-23-17-25(47)18-28(33(23)26)35-34(41)36-29(19-42-35)37(46-13-16-50-21-24(20-46)43-32(48)4-2)27-6-8-31(51-38(27)44-36)39(9-10-39)22-45-11-14-49-15-12-45/h1,4-5,7,17-19,24,31,47H,2,6,8-16,20-22H2,(H,43,48)/t24-,31+/m0/s1. The second-order valence-corrected chi connectivity index (χ2v) is 13.9. The number of terminal acetylenes is 1. The number of nitrogens with one attached hydrogen (secondary N) is 1. The van der Waals surface area contributed by atoms with E-state index in [0.717, 1.165) is 63.4 Å². The summed E-state index contributed by atoms with van der Waals surface area (Å²) in [6.07, 6.45) is 11.9. The third-order valence-electron chi connectivity index (χ3n) is 10.7. The van der Waals surface area contributed by atoms with Crippen LogP contribution in [-0.2, 0) is 20.7 Å². The van der Waals surface area contributed by atoms with Crippen molar-refractivity contribution in [1.82, 2.24) is 20.2 Å². The van der Waals surface area contributed by atoms with Gasteiger partial charge < -0.3 is 29.5 Å². The molecular weight excluding hydrogens is 656 g/mol. The quantitative estimate of drug-likeness (QED) is 0.210. The zero-order chi connectivity index (χ0) is 35.3. The lowest BCUT2D eigenvalue weighted by Crippen LogP contribution is -2.46. The Morgan fingerprint density at radius 2 is 1.98 bits per heavy atom. The summed E-state index contributed by atoms with van der Waals surface area (Å²) in [4.78, 5) is 26.3. The Labute approximate surface area is 294 Å². The van der Waals surface area contributed by atoms with E-state index in [9.17, 15) is 14.3 Å². The van der Waals surface area contributed by atoms with Crippen LogP contribution in [0.3, 0.4) is 0 Å². The van der Waals surface area contributed by atoms with Gasteiger partial charge in [-0.3, -0.25) is 14.7 Å². The van der Waals surface area contributed by atoms with Gasteiger partial charge in [-0.05, 0) is 55.3 Å². The number of aromatic nitrogens is 2. The highest BCUT2D eigenvalue weighted by Gasteiger charge is 2.53. The lowest BCUT2D eigenvalue weighted by Gasteiger charge is -2.38. The van der Waals surface area contributed by atoms with Gasteiger partial charge in [0.2, 0.25) is 11.8 Å². The van der Waals surface area contributed by atoms with Crippen LogP contribution in [0.2, 0.25) is 0 Å². The first-order chi connectivity index (χ1) is 24.8. The number of carbonyl (C=O) groups is 1. The summed E-state index contributed by atoms with van der Waals surface area (Å²) in [5.74, 6) is 0.907. The Morgan fingerprint density at radius 3 is 2.75 bits per heavy atom. The number of phenols is 1. The van der Waals surface area contributed by atoms with E-state index in [4.69, 9.17) is 25.6 Å². The summed E-state index contributed by atoms with van der Waals surface area (Å²) in [5.41, 5.74) is 1.56. The van der Waals surface area contributed by atoms with E-state index < -0.39 is 11.6 Å². The van der Waals surface area contributed by atoms with E-state index in [0.29, 0.717) is 49.4 Å². The minimum atomic E-state index is -0.751. The summed E-state index contributed by atoms with van der Waals surface area (Å²) in [6.45, 7) is 9.24. The van der Waals surface area contributed by atoms with Crippen molar-refractivity contribution in [2.45, 2.75) is 37.8 Å². The number of fused-ring (bicyclic) bond motifs is 3. The number of rotatable bonds is 7. The summed E-state index contributed by atoms with van der Waals surface area (Å²) in [5, 5.41) is 14.8. The molecule has 0 radical (unpaired) electrons. The molecule has 2 aromatic heterocycles. The predicted molar refractivity (Wildman–Crippen MR) is 189 cm³/mol. The molecule has 1 aliphatic carbocycles. The molecule has 2 saturated heterocycles. The van der Waals surface area contributed by atoms with Crippen molar-refractivity contribution in [3.05, 3.63) is 65.9 Å². The van der Waals surface area contributed by atoms with E-state index in [1.807, 2.05) is 0 Å². The average Bonchev–Trinajstić information content (AvgIpc) is 3.95. The van der Waals surface area contributed by atoms with E-state index in [1.54, 1.807) is 6.20 Å². The molecule has 2 aromatic carbocycles. The van der Waals surface area contributed by atoms with Gasteiger partial charge in [-0.25, -0.2) is 13.8 Å². The molecule has 51 heavy (non-hydrogen) atoms. The van der Waals surface area contributed by atoms with Gasteiger partial charge in [0, 0.05) is 66.2 Å². The zero-order valence-electron chi connectivity index (χ0n) is 28.2. The lowest BCUT2D eigenvalue weighted by molar-refractivity contribution is -0.117. The molecule has 4 aliphatic rings. The molecule has 10 nitrogen and oxygen atoms in total. The van der Waals surface area contributed by atoms with Gasteiger partial charge in [0.05, 0.1) is 43.7 Å². The molecule has 1 amide bonds. The van der Waals surface area contributed by atoms with Gasteiger partial charge in [0.25, 0.3) is 0 Å². The van der Waals surface area contributed by atoms with Crippen LogP contribution < -0.4 is 15.0 Å². The monoisotopic (exact) mass is 695 g/mol. The first kappa shape index (κ1) is 33.3. The van der Waals surface area contributed by atoms with Crippen molar-refractivity contribution in [3.8, 4) is 35.2 Å². The molecule has 5 heterocycles. The molecule has 0 unspecified atom stereocenters. The van der Waals surface area contributed by atoms with E-state index in [1.165, 1.54) is 30.3 Å². The third-order valence-corrected chi connectivity index (χ3v) is 10.7. The molecule has 264 valence electrons. The van der Waals surface area contributed by atoms with Crippen molar-refractivity contribution >= 4 is 33.3 Å². The summed E-state index contributed by atoms with van der Waals surface area (Å²) < 4.78 is 50.4. The molecule has 4 aromatic rings. The van der Waals surface area contributed by atoms with Gasteiger partial charge in [-0.2, -0.15) is 0 Å². The molecular formula is C39H39F2N5O5. The summed E-state index contributed by atoms with van der Waals surface area (Å²) in [7, 11) is 0. The maximum Gasteiger partial charge on any atom is 0.243 e. The highest BCUT2D eigenvalue weighted by atomic mass is 19.1. The van der Waals surface area contributed by atoms with Crippen LogP contribution in [0.1, 0.15) is 30.4 Å². The normalized spacial score (nSPS) is 21.7. The van der Waals surface area contributed by atoms with Crippen LogP contribution in [0.25, 0.3) is 32.9 Å². The number of anilines is 1. The molecule has 0 spiro atoms. The number of phenolic OH excluding ortho intramolecular Hbond substituents is 1. The molecule has 2 N–H and O–H groups in total. The van der Waals surface area contributed by atoms with Crippen LogP contribution in [0.5, 0.6) is 11.6 Å². The number of aromatic hydroxyl groups is 1. The Balaban J connectivity index is 1.27. The second-order valence-electron chi connectivity index (χ2n) is 13.9. The highest BCUT2D eigenvalue weighted by molar-refractivity contribution is 6.03. The Bertz CT molecular complexity index is 2090. The number of halogens is 2. The number of hydrogen-bond donors (Lipinski definition) is 2. The van der Waals surface area contributed by atoms with Gasteiger partial charge in [0.1, 0.15) is 28.9 Å². The van der Waals surface area contributed by atoms with Crippen LogP contribution >= 0.6 is 0 Å². The number of morpholine rings is 1. The molecule has 3 fully saturated rings. The second kappa shape index (κ2) is 13.4. The maximum atomic E-state index is 17.2. The van der Waals surface area contributed by atoms with Gasteiger partial charge >= 0.3 is 0 Å². The maximum absolute atomic E-state index is 17.2. The highest BCUT2D eigenvalue weighted by Crippen LogP contribution is 2.54. The smallest absolute Gasteiger partial charge is 0.243 e. The van der Waals surface area contributed by atoms with Crippen molar-refractivity contribution in [2.24, 2.45) is 5.41 Å². The number of amides is 1. The van der Waals surface area contributed by atoms with Gasteiger partial charge in [0.15, 0.2) is 5.82 Å². The van der Waals surface area contributed by atoms with E-state index >= 15 is 4.39 Å². The van der Waals surface area contributed by atoms with Crippen LogP contribution in [-0.4, -0.2) is 97.2 Å². The topological polar surface area (TPSA) is 109 Å². The number of nitrogens with zero attached hydrogens (tertiary/aromatic N) is 4. The Kier molecular flexibility index (Phi) is 8.74. The average molecular weight is 696 g/mol. The lowest BCUT2D eigenvalue weighted by atomic mass is 9.89.